The summed E-state index contributed by atoms with van der Waals surface area (Å²) in [4.78, 5) is 0. The summed E-state index contributed by atoms with van der Waals surface area (Å²) in [6.07, 6.45) is 0. The van der Waals surface area contributed by atoms with Crippen LogP contribution in [0.1, 0.15) is 166 Å². The topological polar surface area (TPSA) is 22.7 Å². The first-order valence-corrected chi connectivity index (χ1v) is 32.5. The predicted molar refractivity (Wildman–Crippen MR) is 256 cm³/mol. The molecule has 0 aliphatic heterocycles. The lowest BCUT2D eigenvalue weighted by Crippen LogP contribution is -3.00. The van der Waals surface area contributed by atoms with Gasteiger partial charge in [-0.15, -0.1) is 0 Å². The Morgan fingerprint density at radius 2 is 0.346 bits per heavy atom. The molecule has 0 spiro atoms. The summed E-state index contributed by atoms with van der Waals surface area (Å²) in [5.74, 6) is 0. The van der Waals surface area contributed by atoms with E-state index >= 15 is 0 Å². The van der Waals surface area contributed by atoms with Gasteiger partial charge in [-0.2, -0.15) is 0 Å². The van der Waals surface area contributed by atoms with Gasteiger partial charge in [-0.1, -0.05) is 166 Å². The highest BCUT2D eigenvalue weighted by atomic mass is 28.5. The molecule has 0 radical (unpaired) electrons. The number of hydrogen-bond donors (Lipinski definition) is 0. The van der Waals surface area contributed by atoms with E-state index in [1.807, 2.05) is 0 Å². The molecule has 0 N–H and O–H groups in total. The van der Waals surface area contributed by atoms with Gasteiger partial charge in [-0.3, -0.25) is 31.3 Å². The molecule has 0 aromatic rings. The second kappa shape index (κ2) is 21.7. The van der Waals surface area contributed by atoms with Gasteiger partial charge in [-0.25, -0.2) is 0 Å². The van der Waals surface area contributed by atoms with Gasteiger partial charge in [0.1, 0.15) is 0 Å². The van der Waals surface area contributed by atoms with Crippen LogP contribution in [0.2, 0.25) is 17.0 Å². The van der Waals surface area contributed by atoms with Crippen LogP contribution >= 0.6 is 0 Å². The van der Waals surface area contributed by atoms with Crippen LogP contribution in [0.15, 0.2) is 0 Å². The van der Waals surface area contributed by atoms with Crippen molar-refractivity contribution in [1.29, 1.82) is 0 Å². The van der Waals surface area contributed by atoms with Crippen LogP contribution in [0.25, 0.3) is 0 Å². The average Bonchev–Trinajstić information content (AvgIpc) is 2.93. The molecule has 52 heavy (non-hydrogen) atoms. The highest BCUT2D eigenvalue weighted by Gasteiger charge is 2.73. The smallest absolute Gasteiger partial charge is 0.277 e. The molecule has 0 atom stereocenters. The molecule has 0 amide bonds. The fourth-order valence-electron chi connectivity index (χ4n) is 12.1. The van der Waals surface area contributed by atoms with Crippen molar-refractivity contribution in [3.8, 4) is 0 Å². The second-order valence-electron chi connectivity index (χ2n) is 19.3. The van der Waals surface area contributed by atoms with Crippen molar-refractivity contribution in [3.05, 3.63) is 0 Å². The minimum atomic E-state index is -2.78. The predicted octanol–water partition coefficient (Wildman–Crippen LogP) is 5.79. The van der Waals surface area contributed by atoms with E-state index in [4.69, 9.17) is 0 Å². The Kier molecular flexibility index (Phi) is 22.1. The molecule has 314 valence electrons. The molecule has 0 aliphatic rings. The van der Waals surface area contributed by atoms with Gasteiger partial charge >= 0.3 is 0 Å². The van der Waals surface area contributed by atoms with Crippen LogP contribution in [-0.2, 0) is 0 Å². The Labute approximate surface area is 341 Å². The Hall–Kier alpha value is 1.02. The summed E-state index contributed by atoms with van der Waals surface area (Å²) in [6.45, 7) is 61.3. The molecule has 13 heteroatoms. The van der Waals surface area contributed by atoms with E-state index in [0.29, 0.717) is 72.5 Å². The van der Waals surface area contributed by atoms with E-state index in [1.165, 1.54) is 47.7 Å². The maximum atomic E-state index is 3.75. The summed E-state index contributed by atoms with van der Waals surface area (Å²) >= 11 is 0. The lowest BCUT2D eigenvalue weighted by atomic mass is 10.3. The monoisotopic (exact) mass is 834 g/mol. The van der Waals surface area contributed by atoms with E-state index in [1.54, 1.807) is 0 Å². The fourth-order valence-corrected chi connectivity index (χ4v) is 56.3. The van der Waals surface area contributed by atoms with Crippen molar-refractivity contribution in [1.82, 2.24) is 31.3 Å². The zero-order chi connectivity index (χ0) is 41.6. The first kappa shape index (κ1) is 53.0. The van der Waals surface area contributed by atoms with E-state index in [9.17, 15) is 0 Å². The zero-order valence-corrected chi connectivity index (χ0v) is 49.7. The van der Waals surface area contributed by atoms with Gasteiger partial charge < -0.3 is 0 Å². The molecule has 0 saturated carbocycles. The summed E-state index contributed by atoms with van der Waals surface area (Å²) in [7, 11) is -4.80. The van der Waals surface area contributed by atoms with Gasteiger partial charge in [0.25, 0.3) is 25.7 Å². The summed E-state index contributed by atoms with van der Waals surface area (Å²) in [5, 5.41) is 0. The Balaban J connectivity index is 10.6. The Morgan fingerprint density at radius 3 is 0.404 bits per heavy atom. The molecule has 0 bridgehead atoms. The number of rotatable bonds is 24. The minimum Gasteiger partial charge on any atom is -0.296 e. The molecule has 0 unspecified atom stereocenters. The van der Waals surface area contributed by atoms with Crippen LogP contribution in [-0.4, -0.2) is 160 Å². The second-order valence-corrected chi connectivity index (χ2v) is 38.2. The van der Waals surface area contributed by atoms with E-state index in [0.717, 1.165) is 0 Å². The van der Waals surface area contributed by atoms with Crippen molar-refractivity contribution in [2.45, 2.75) is 256 Å². The molecule has 0 rings (SSSR count). The largest absolute Gasteiger partial charge is 0.296 e. The number of hydrogen-bond acceptors (Lipinski definition) is 7. The molecule has 0 saturated heterocycles. The van der Waals surface area contributed by atoms with Crippen LogP contribution in [0, 0.1) is 0 Å². The van der Waals surface area contributed by atoms with Crippen molar-refractivity contribution in [2.24, 2.45) is 0 Å². The van der Waals surface area contributed by atoms with Gasteiger partial charge in [0.05, 0.1) is 0 Å². The molecule has 7 nitrogen and oxygen atoms in total. The van der Waals surface area contributed by atoms with E-state index in [-0.39, 0.29) is 0 Å². The highest BCUT2D eigenvalue weighted by molar-refractivity contribution is 7.05. The van der Waals surface area contributed by atoms with Crippen LogP contribution in [0.4, 0.5) is 0 Å². The van der Waals surface area contributed by atoms with E-state index in [2.05, 4.69) is 197 Å². The summed E-state index contributed by atoms with van der Waals surface area (Å²) in [6, 6.07) is 5.34. The van der Waals surface area contributed by atoms with Crippen molar-refractivity contribution >= 4 is 56.4 Å². The Bertz CT molecular complexity index is 774. The maximum Gasteiger partial charge on any atom is 0.277 e. The van der Waals surface area contributed by atoms with Crippen molar-refractivity contribution in [3.63, 3.8) is 0 Å². The van der Waals surface area contributed by atoms with Crippen molar-refractivity contribution < 1.29 is 0 Å². The van der Waals surface area contributed by atoms with Crippen LogP contribution in [0.5, 0.6) is 0 Å². The van der Waals surface area contributed by atoms with Crippen molar-refractivity contribution in [2.75, 3.05) is 0 Å². The van der Waals surface area contributed by atoms with Gasteiger partial charge in [0.15, 0.2) is 0 Å². The standard InChI is InChI=1S/C39H99N7Si6/c1-28(2)40(29(3)4)50(25-47,41(30(5)6)31(7)8)46(51(26-48,42(32(9)10)33(11)12)43(34(13)14)35(15)16)52(27-49,44(36(17)18)37(19)20)45(38(21)22)39(23)24/h28-39H,25-27H2,1-24,47-49H3. The normalized spacial score (nSPS) is 15.1. The maximum absolute atomic E-state index is 3.75. The molecule has 0 heterocycles. The third-order valence-corrected chi connectivity index (χ3v) is 42.8. The minimum absolute atomic E-state index is 0.445. The lowest BCUT2D eigenvalue weighted by Gasteiger charge is -2.74. The third kappa shape index (κ3) is 10.2. The van der Waals surface area contributed by atoms with Gasteiger partial charge in [0.2, 0.25) is 0 Å². The molecular weight excluding hydrogens is 735 g/mol. The van der Waals surface area contributed by atoms with Crippen LogP contribution in [0.3, 0.4) is 0 Å². The van der Waals surface area contributed by atoms with E-state index < -0.39 is 25.7 Å². The first-order valence-electron chi connectivity index (χ1n) is 22.1. The fraction of sp³-hybridized carbons (Fsp3) is 1.00. The van der Waals surface area contributed by atoms with Crippen LogP contribution < -0.4 is 0 Å². The molecule has 0 aromatic carbocycles. The molecule has 0 aromatic heterocycles. The van der Waals surface area contributed by atoms with Gasteiger partial charge in [-0.05, 0) is 89.5 Å². The zero-order valence-electron chi connectivity index (χ0n) is 40.7. The average molecular weight is 835 g/mol. The molecule has 0 aliphatic carbocycles. The quantitative estimate of drug-likeness (QED) is 0.114. The first-order chi connectivity index (χ1) is 23.6. The third-order valence-electron chi connectivity index (χ3n) is 11.7. The summed E-state index contributed by atoms with van der Waals surface area (Å²) < 4.78 is 23.0. The SMILES string of the molecule is CC(C)N(C(C)C)[Si](C[SiH3])(N(C(C)C)C(C)C)N([Si](C[SiH3])(N(C(C)C)C(C)C)N(C(C)C)C(C)C)[Si](C[SiH3])(N(C(C)C)C(C)C)N(C(C)C)C(C)C. The molecular formula is C39H99N7Si6. The number of nitrogens with zero attached hydrogens (tertiary/aromatic N) is 7. The van der Waals surface area contributed by atoms with Gasteiger partial charge in [0, 0.05) is 30.7 Å². The lowest BCUT2D eigenvalue weighted by molar-refractivity contribution is 0.129. The molecule has 0 fully saturated rings. The Morgan fingerprint density at radius 1 is 0.250 bits per heavy atom. The summed E-state index contributed by atoms with van der Waals surface area (Å²) in [5.41, 5.74) is 3.98. The highest BCUT2D eigenvalue weighted by Crippen LogP contribution is 2.48.